The molecule has 0 N–H and O–H groups in total. The molecule has 0 saturated carbocycles. The van der Waals surface area contributed by atoms with E-state index in [4.69, 9.17) is 4.74 Å². The van der Waals surface area contributed by atoms with Gasteiger partial charge in [-0.05, 0) is 17.2 Å². The number of rotatable bonds is 4. The van der Waals surface area contributed by atoms with E-state index in [1.165, 1.54) is 5.56 Å². The minimum atomic E-state index is 0.462. The summed E-state index contributed by atoms with van der Waals surface area (Å²) in [6.07, 6.45) is 0.769. The SMILES string of the molecule is O=COc1ccccc1Cc1ccccc1. The monoisotopic (exact) mass is 212 g/mol. The van der Waals surface area contributed by atoms with E-state index in [-0.39, 0.29) is 0 Å². The average molecular weight is 212 g/mol. The van der Waals surface area contributed by atoms with Gasteiger partial charge >= 0.3 is 0 Å². The molecule has 0 unspecified atom stereocenters. The van der Waals surface area contributed by atoms with E-state index in [0.717, 1.165) is 12.0 Å². The normalized spacial score (nSPS) is 9.75. The molecule has 2 rings (SSSR count). The van der Waals surface area contributed by atoms with Crippen LogP contribution in [0.15, 0.2) is 54.6 Å². The smallest absolute Gasteiger partial charge is 0.298 e. The van der Waals surface area contributed by atoms with Crippen LogP contribution in [-0.2, 0) is 11.2 Å². The molecule has 2 aromatic rings. The Hall–Kier alpha value is -2.09. The van der Waals surface area contributed by atoms with Gasteiger partial charge in [0.15, 0.2) is 0 Å². The highest BCUT2D eigenvalue weighted by atomic mass is 16.5. The second kappa shape index (κ2) is 5.12. The Balaban J connectivity index is 2.24. The van der Waals surface area contributed by atoms with Crippen LogP contribution in [0.2, 0.25) is 0 Å². The van der Waals surface area contributed by atoms with Crippen molar-refractivity contribution in [2.24, 2.45) is 0 Å². The first-order valence-corrected chi connectivity index (χ1v) is 5.12. The van der Waals surface area contributed by atoms with Crippen molar-refractivity contribution >= 4 is 6.47 Å². The van der Waals surface area contributed by atoms with Crippen LogP contribution in [0.1, 0.15) is 11.1 Å². The van der Waals surface area contributed by atoms with E-state index in [1.807, 2.05) is 36.4 Å². The molecule has 0 atom stereocenters. The number of ether oxygens (including phenoxy) is 1. The maximum atomic E-state index is 10.4. The van der Waals surface area contributed by atoms with Crippen LogP contribution in [0.5, 0.6) is 5.75 Å². The van der Waals surface area contributed by atoms with Gasteiger partial charge in [0.05, 0.1) is 0 Å². The van der Waals surface area contributed by atoms with Gasteiger partial charge in [0.25, 0.3) is 6.47 Å². The first-order chi connectivity index (χ1) is 7.90. The summed E-state index contributed by atoms with van der Waals surface area (Å²) in [6, 6.07) is 17.6. The summed E-state index contributed by atoms with van der Waals surface area (Å²) in [7, 11) is 0. The zero-order valence-electron chi connectivity index (χ0n) is 8.80. The van der Waals surface area contributed by atoms with Crippen LogP contribution in [0.3, 0.4) is 0 Å². The van der Waals surface area contributed by atoms with E-state index < -0.39 is 0 Å². The van der Waals surface area contributed by atoms with Gasteiger partial charge in [-0.1, -0.05) is 48.5 Å². The first-order valence-electron chi connectivity index (χ1n) is 5.12. The quantitative estimate of drug-likeness (QED) is 0.728. The summed E-state index contributed by atoms with van der Waals surface area (Å²) in [5.74, 6) is 0.626. The fourth-order valence-electron chi connectivity index (χ4n) is 1.63. The molecule has 80 valence electrons. The summed E-state index contributed by atoms with van der Waals surface area (Å²) in [5.41, 5.74) is 2.21. The van der Waals surface area contributed by atoms with Crippen LogP contribution in [-0.4, -0.2) is 6.47 Å². The molecule has 0 aliphatic carbocycles. The van der Waals surface area contributed by atoms with Gasteiger partial charge in [-0.25, -0.2) is 0 Å². The molecule has 0 heterocycles. The van der Waals surface area contributed by atoms with Crippen molar-refractivity contribution in [2.45, 2.75) is 6.42 Å². The molecule has 0 spiro atoms. The molecule has 0 radical (unpaired) electrons. The van der Waals surface area contributed by atoms with Gasteiger partial charge < -0.3 is 4.74 Å². The molecule has 0 saturated heterocycles. The van der Waals surface area contributed by atoms with Crippen molar-refractivity contribution in [1.82, 2.24) is 0 Å². The molecule has 2 aromatic carbocycles. The number of benzene rings is 2. The van der Waals surface area contributed by atoms with Crippen LogP contribution in [0.25, 0.3) is 0 Å². The highest BCUT2D eigenvalue weighted by Crippen LogP contribution is 2.20. The summed E-state index contributed by atoms with van der Waals surface area (Å²) in [4.78, 5) is 10.4. The summed E-state index contributed by atoms with van der Waals surface area (Å²) >= 11 is 0. The maximum Gasteiger partial charge on any atom is 0.298 e. The van der Waals surface area contributed by atoms with Crippen molar-refractivity contribution < 1.29 is 9.53 Å². The van der Waals surface area contributed by atoms with Gasteiger partial charge in [0.1, 0.15) is 5.75 Å². The molecule has 2 heteroatoms. The summed E-state index contributed by atoms with van der Waals surface area (Å²) in [5, 5.41) is 0. The molecular formula is C14H12O2. The van der Waals surface area contributed by atoms with Gasteiger partial charge in [-0.15, -0.1) is 0 Å². The van der Waals surface area contributed by atoms with Crippen molar-refractivity contribution in [3.63, 3.8) is 0 Å². The Morgan fingerprint density at radius 2 is 1.62 bits per heavy atom. The van der Waals surface area contributed by atoms with Crippen molar-refractivity contribution in [2.75, 3.05) is 0 Å². The zero-order chi connectivity index (χ0) is 11.2. The van der Waals surface area contributed by atoms with E-state index in [9.17, 15) is 4.79 Å². The molecule has 0 aliphatic heterocycles. The minimum Gasteiger partial charge on any atom is -0.428 e. The van der Waals surface area contributed by atoms with Crippen LogP contribution >= 0.6 is 0 Å². The number of hydrogen-bond donors (Lipinski definition) is 0. The molecule has 0 amide bonds. The lowest BCUT2D eigenvalue weighted by molar-refractivity contribution is -0.120. The molecule has 0 bridgehead atoms. The maximum absolute atomic E-state index is 10.4. The Labute approximate surface area is 94.5 Å². The lowest BCUT2D eigenvalue weighted by atomic mass is 10.0. The van der Waals surface area contributed by atoms with Gasteiger partial charge in [0, 0.05) is 6.42 Å². The first kappa shape index (κ1) is 10.4. The second-order valence-corrected chi connectivity index (χ2v) is 3.48. The Morgan fingerprint density at radius 3 is 2.38 bits per heavy atom. The number of carbonyl (C=O) groups is 1. The summed E-state index contributed by atoms with van der Waals surface area (Å²) < 4.78 is 4.93. The average Bonchev–Trinajstić information content (AvgIpc) is 2.33. The van der Waals surface area contributed by atoms with Gasteiger partial charge in [-0.2, -0.15) is 0 Å². The summed E-state index contributed by atoms with van der Waals surface area (Å²) in [6.45, 7) is 0.462. The number of hydrogen-bond acceptors (Lipinski definition) is 2. The van der Waals surface area contributed by atoms with E-state index in [2.05, 4.69) is 12.1 Å². The van der Waals surface area contributed by atoms with Crippen LogP contribution in [0.4, 0.5) is 0 Å². The van der Waals surface area contributed by atoms with Gasteiger partial charge in [0.2, 0.25) is 0 Å². The molecule has 0 fully saturated rings. The Kier molecular flexibility index (Phi) is 3.34. The predicted octanol–water partition coefficient (Wildman–Crippen LogP) is 2.81. The molecule has 2 nitrogen and oxygen atoms in total. The highest BCUT2D eigenvalue weighted by molar-refractivity contribution is 5.48. The number of para-hydroxylation sites is 1. The fraction of sp³-hybridized carbons (Fsp3) is 0.0714. The third kappa shape index (κ3) is 2.48. The molecule has 16 heavy (non-hydrogen) atoms. The zero-order valence-corrected chi connectivity index (χ0v) is 8.80. The lowest BCUT2D eigenvalue weighted by Crippen LogP contribution is -1.95. The predicted molar refractivity (Wildman–Crippen MR) is 62.4 cm³/mol. The Bertz CT molecular complexity index is 463. The van der Waals surface area contributed by atoms with E-state index in [1.54, 1.807) is 6.07 Å². The van der Waals surface area contributed by atoms with Crippen LogP contribution in [0, 0.1) is 0 Å². The van der Waals surface area contributed by atoms with E-state index >= 15 is 0 Å². The largest absolute Gasteiger partial charge is 0.428 e. The number of carbonyl (C=O) groups excluding carboxylic acids is 1. The standard InChI is InChI=1S/C14H12O2/c15-11-16-14-9-5-4-8-13(14)10-12-6-2-1-3-7-12/h1-9,11H,10H2. The molecule has 0 aliphatic rings. The Morgan fingerprint density at radius 1 is 0.938 bits per heavy atom. The third-order valence-electron chi connectivity index (χ3n) is 2.39. The molecule has 0 aromatic heterocycles. The third-order valence-corrected chi connectivity index (χ3v) is 2.39. The highest BCUT2D eigenvalue weighted by Gasteiger charge is 2.03. The lowest BCUT2D eigenvalue weighted by Gasteiger charge is -2.06. The second-order valence-electron chi connectivity index (χ2n) is 3.48. The van der Waals surface area contributed by atoms with Crippen molar-refractivity contribution in [1.29, 1.82) is 0 Å². The topological polar surface area (TPSA) is 26.3 Å². The fourth-order valence-corrected chi connectivity index (χ4v) is 1.63. The van der Waals surface area contributed by atoms with Gasteiger partial charge in [-0.3, -0.25) is 4.79 Å². The van der Waals surface area contributed by atoms with Crippen molar-refractivity contribution in [3.05, 3.63) is 65.7 Å². The van der Waals surface area contributed by atoms with Crippen molar-refractivity contribution in [3.8, 4) is 5.75 Å². The van der Waals surface area contributed by atoms with Crippen LogP contribution < -0.4 is 4.74 Å². The minimum absolute atomic E-state index is 0.462. The molecular weight excluding hydrogens is 200 g/mol. The van der Waals surface area contributed by atoms with E-state index in [0.29, 0.717) is 12.2 Å².